The first-order chi connectivity index (χ1) is 12.6. The topological polar surface area (TPSA) is 111 Å². The zero-order chi connectivity index (χ0) is 18.4. The van der Waals surface area contributed by atoms with Crippen molar-refractivity contribution < 1.29 is 14.7 Å². The maximum Gasteiger partial charge on any atom is 0.275 e. The number of carbonyl (C=O) groups is 1. The van der Waals surface area contributed by atoms with Gasteiger partial charge in [-0.1, -0.05) is 12.1 Å². The Kier molecular flexibility index (Phi) is 5.33. The van der Waals surface area contributed by atoms with Crippen LogP contribution in [0, 0.1) is 10.1 Å². The largest absolute Gasteiger partial charge is 0.275 e. The van der Waals surface area contributed by atoms with Crippen molar-refractivity contribution in [1.82, 2.24) is 10.7 Å². The Balaban J connectivity index is 1.70. The van der Waals surface area contributed by atoms with Gasteiger partial charge in [0.25, 0.3) is 17.4 Å². The van der Waals surface area contributed by atoms with Crippen LogP contribution in [0.1, 0.15) is 27.9 Å². The van der Waals surface area contributed by atoms with Crippen LogP contribution >= 0.6 is 0 Å². The Morgan fingerprint density at radius 3 is 2.69 bits per heavy atom. The molecule has 0 unspecified atom stereocenters. The van der Waals surface area contributed by atoms with Gasteiger partial charge in [0.05, 0.1) is 35.4 Å². The standard InChI is InChI=1S/C18H17N5O3/c24-18(22-21-12-13-6-8-14(9-7-13)23(25)26)16-5-2-1-4-15(16)17-19-10-3-11-20-17/h1-2,4-9,12H,3,10-11H2,(H,19,20)(H,22,24)/p+1/b21-12-. The molecule has 0 radical (unpaired) electrons. The molecule has 0 aromatic heterocycles. The minimum Gasteiger partial charge on any atom is -0.274 e. The minimum absolute atomic E-state index is 0.00428. The fourth-order valence-electron chi connectivity index (χ4n) is 2.58. The predicted octanol–water partition coefficient (Wildman–Crippen LogP) is 0.179. The van der Waals surface area contributed by atoms with Crippen molar-refractivity contribution in [1.29, 1.82) is 0 Å². The van der Waals surface area contributed by atoms with Gasteiger partial charge in [0.2, 0.25) is 0 Å². The molecule has 26 heavy (non-hydrogen) atoms. The van der Waals surface area contributed by atoms with Crippen molar-refractivity contribution in [3.8, 4) is 0 Å². The second kappa shape index (κ2) is 8.02. The third-order valence-corrected chi connectivity index (χ3v) is 3.88. The number of nitro benzene ring substituents is 1. The Morgan fingerprint density at radius 1 is 1.23 bits per heavy atom. The molecule has 8 nitrogen and oxygen atoms in total. The summed E-state index contributed by atoms with van der Waals surface area (Å²) < 4.78 is 0. The van der Waals surface area contributed by atoms with E-state index in [0.29, 0.717) is 11.1 Å². The summed E-state index contributed by atoms with van der Waals surface area (Å²) in [6.07, 6.45) is 2.46. The van der Waals surface area contributed by atoms with E-state index in [1.165, 1.54) is 18.3 Å². The Morgan fingerprint density at radius 2 is 2.00 bits per heavy atom. The van der Waals surface area contributed by atoms with E-state index >= 15 is 0 Å². The molecule has 1 heterocycles. The van der Waals surface area contributed by atoms with E-state index in [1.807, 2.05) is 12.1 Å². The number of rotatable bonds is 5. The molecule has 1 aliphatic heterocycles. The fourth-order valence-corrected chi connectivity index (χ4v) is 2.58. The number of hydrogen-bond acceptors (Lipinski definition) is 5. The molecular weight excluding hydrogens is 334 g/mol. The van der Waals surface area contributed by atoms with Crippen molar-refractivity contribution in [3.05, 3.63) is 75.3 Å². The second-order valence-electron chi connectivity index (χ2n) is 5.68. The minimum atomic E-state index is -0.468. The lowest BCUT2D eigenvalue weighted by Gasteiger charge is -2.11. The SMILES string of the molecule is O=C(N/N=C\c1ccc([N+](=O)[O-])cc1)c1ccccc1C1=[NH+]CCCN1. The van der Waals surface area contributed by atoms with Crippen molar-refractivity contribution >= 4 is 23.6 Å². The number of hydrazone groups is 1. The number of nitrogens with zero attached hydrogens (tertiary/aromatic N) is 2. The zero-order valence-corrected chi connectivity index (χ0v) is 13.9. The van der Waals surface area contributed by atoms with Gasteiger partial charge in [-0.15, -0.1) is 0 Å². The summed E-state index contributed by atoms with van der Waals surface area (Å²) in [5.74, 6) is 0.502. The summed E-state index contributed by atoms with van der Waals surface area (Å²) in [4.78, 5) is 25.9. The highest BCUT2D eigenvalue weighted by Crippen LogP contribution is 2.11. The van der Waals surface area contributed by atoms with Crippen LogP contribution in [0.15, 0.2) is 53.6 Å². The van der Waals surface area contributed by atoms with Crippen LogP contribution in [-0.2, 0) is 0 Å². The van der Waals surface area contributed by atoms with E-state index in [9.17, 15) is 14.9 Å². The van der Waals surface area contributed by atoms with Gasteiger partial charge in [-0.3, -0.25) is 25.2 Å². The summed E-state index contributed by atoms with van der Waals surface area (Å²) >= 11 is 0. The number of benzene rings is 2. The van der Waals surface area contributed by atoms with Gasteiger partial charge in [0.15, 0.2) is 0 Å². The highest BCUT2D eigenvalue weighted by molar-refractivity contribution is 6.07. The van der Waals surface area contributed by atoms with Gasteiger partial charge in [-0.25, -0.2) is 5.43 Å². The van der Waals surface area contributed by atoms with Crippen molar-refractivity contribution in [2.75, 3.05) is 13.1 Å². The van der Waals surface area contributed by atoms with Crippen LogP contribution in [0.25, 0.3) is 0 Å². The maximum absolute atomic E-state index is 12.5. The molecule has 8 heteroatoms. The second-order valence-corrected chi connectivity index (χ2v) is 5.68. The average molecular weight is 352 g/mol. The van der Waals surface area contributed by atoms with Crippen LogP contribution in [0.4, 0.5) is 5.69 Å². The first-order valence-electron chi connectivity index (χ1n) is 8.17. The van der Waals surface area contributed by atoms with Gasteiger partial charge in [0.1, 0.15) is 0 Å². The molecule has 1 aliphatic rings. The lowest BCUT2D eigenvalue weighted by molar-refractivity contribution is -0.463. The maximum atomic E-state index is 12.5. The number of nitrogens with one attached hydrogen (secondary N) is 3. The van der Waals surface area contributed by atoms with Crippen LogP contribution in [0.5, 0.6) is 0 Å². The van der Waals surface area contributed by atoms with E-state index in [2.05, 4.69) is 20.8 Å². The van der Waals surface area contributed by atoms with Gasteiger partial charge in [-0.2, -0.15) is 5.10 Å². The van der Waals surface area contributed by atoms with Crippen molar-refractivity contribution in [3.63, 3.8) is 0 Å². The molecule has 0 bridgehead atoms. The molecule has 0 atom stereocenters. The number of hydrogen-bond donors (Lipinski definition) is 3. The Hall–Kier alpha value is -3.55. The summed E-state index contributed by atoms with van der Waals surface area (Å²) in [6.45, 7) is 1.72. The monoisotopic (exact) mass is 352 g/mol. The molecule has 3 rings (SSSR count). The molecule has 2 aromatic carbocycles. The molecule has 0 saturated carbocycles. The van der Waals surface area contributed by atoms with E-state index in [4.69, 9.17) is 0 Å². The number of nitro groups is 1. The third kappa shape index (κ3) is 4.10. The molecule has 0 aliphatic carbocycles. The number of amides is 1. The smallest absolute Gasteiger partial charge is 0.274 e. The van der Waals surface area contributed by atoms with Crippen LogP contribution < -0.4 is 15.7 Å². The molecule has 0 fully saturated rings. The summed E-state index contributed by atoms with van der Waals surface area (Å²) in [5.41, 5.74) is 4.44. The molecule has 0 saturated heterocycles. The van der Waals surface area contributed by atoms with Crippen LogP contribution in [-0.4, -0.2) is 36.0 Å². The molecule has 132 valence electrons. The molecule has 2 aromatic rings. The van der Waals surface area contributed by atoms with E-state index in [1.54, 1.807) is 24.3 Å². The van der Waals surface area contributed by atoms with Gasteiger partial charge >= 0.3 is 0 Å². The molecular formula is C18H18N5O3+. The highest BCUT2D eigenvalue weighted by atomic mass is 16.6. The summed E-state index contributed by atoms with van der Waals surface area (Å²) in [6, 6.07) is 13.2. The number of amidine groups is 1. The Labute approximate surface area is 149 Å². The van der Waals surface area contributed by atoms with Crippen molar-refractivity contribution in [2.45, 2.75) is 6.42 Å². The summed E-state index contributed by atoms with van der Waals surface area (Å²) in [5, 5.41) is 17.8. The van der Waals surface area contributed by atoms with E-state index in [0.717, 1.165) is 30.9 Å². The van der Waals surface area contributed by atoms with Gasteiger partial charge < -0.3 is 0 Å². The number of non-ortho nitro benzene ring substituents is 1. The average Bonchev–Trinajstić information content (AvgIpc) is 2.69. The quantitative estimate of drug-likeness (QED) is 0.405. The first kappa shape index (κ1) is 17.3. The highest BCUT2D eigenvalue weighted by Gasteiger charge is 2.20. The third-order valence-electron chi connectivity index (χ3n) is 3.88. The predicted molar refractivity (Wildman–Crippen MR) is 97.2 cm³/mol. The normalized spacial score (nSPS) is 13.8. The number of carbonyl (C=O) groups excluding carboxylic acids is 1. The van der Waals surface area contributed by atoms with Gasteiger partial charge in [0, 0.05) is 18.6 Å². The molecule has 3 N–H and O–H groups in total. The fraction of sp³-hybridized carbons (Fsp3) is 0.167. The molecule has 0 spiro atoms. The van der Waals surface area contributed by atoms with E-state index in [-0.39, 0.29) is 11.6 Å². The van der Waals surface area contributed by atoms with Crippen LogP contribution in [0.2, 0.25) is 0 Å². The lowest BCUT2D eigenvalue weighted by Crippen LogP contribution is -2.79. The summed E-state index contributed by atoms with van der Waals surface area (Å²) in [7, 11) is 0. The van der Waals surface area contributed by atoms with Gasteiger partial charge in [-0.05, 0) is 29.8 Å². The lowest BCUT2D eigenvalue weighted by atomic mass is 10.1. The van der Waals surface area contributed by atoms with E-state index < -0.39 is 4.92 Å². The van der Waals surface area contributed by atoms with Crippen molar-refractivity contribution in [2.24, 2.45) is 5.10 Å². The first-order valence-corrected chi connectivity index (χ1v) is 8.17. The Bertz CT molecular complexity index is 875. The zero-order valence-electron chi connectivity index (χ0n) is 13.9. The molecule has 1 amide bonds. The van der Waals surface area contributed by atoms with Crippen LogP contribution in [0.3, 0.4) is 0 Å².